The Kier molecular flexibility index (Phi) is 4.82. The number of halogens is 2. The van der Waals surface area contributed by atoms with E-state index in [9.17, 15) is 8.78 Å². The molecule has 0 saturated carbocycles. The lowest BCUT2D eigenvalue weighted by atomic mass is 10.0. The van der Waals surface area contributed by atoms with Crippen LogP contribution in [0.2, 0.25) is 0 Å². The second kappa shape index (κ2) is 6.59. The van der Waals surface area contributed by atoms with Crippen LogP contribution in [-0.2, 0) is 6.54 Å². The molecule has 0 amide bonds. The fourth-order valence-electron chi connectivity index (χ4n) is 2.30. The number of hydrogen-bond donors (Lipinski definition) is 1. The van der Waals surface area contributed by atoms with Gasteiger partial charge in [-0.1, -0.05) is 36.4 Å². The van der Waals surface area contributed by atoms with E-state index in [2.05, 4.69) is 0 Å². The molecule has 0 spiro atoms. The topological polar surface area (TPSA) is 29.3 Å². The molecule has 0 aromatic heterocycles. The lowest BCUT2D eigenvalue weighted by Crippen LogP contribution is -2.30. The molecule has 0 bridgehead atoms. The van der Waals surface area contributed by atoms with Crippen molar-refractivity contribution in [2.24, 2.45) is 5.73 Å². The maximum Gasteiger partial charge on any atom is 0.130 e. The maximum atomic E-state index is 13.9. The summed E-state index contributed by atoms with van der Waals surface area (Å²) in [5.41, 5.74) is 7.31. The SMILES string of the molecule is CN(Cc1ccccc1)C(CN)c1ccc(F)cc1F. The van der Waals surface area contributed by atoms with E-state index in [0.717, 1.165) is 11.6 Å². The average molecular weight is 276 g/mol. The fourth-order valence-corrected chi connectivity index (χ4v) is 2.30. The first-order valence-electron chi connectivity index (χ1n) is 6.51. The summed E-state index contributed by atoms with van der Waals surface area (Å²) in [6, 6.07) is 13.2. The smallest absolute Gasteiger partial charge is 0.130 e. The summed E-state index contributed by atoms with van der Waals surface area (Å²) >= 11 is 0. The van der Waals surface area contributed by atoms with E-state index in [1.54, 1.807) is 0 Å². The number of likely N-dealkylation sites (N-methyl/N-ethyl adjacent to an activating group) is 1. The molecule has 0 aliphatic carbocycles. The molecule has 0 saturated heterocycles. The van der Waals surface area contributed by atoms with Crippen LogP contribution in [0.3, 0.4) is 0 Å². The van der Waals surface area contributed by atoms with Crippen LogP contribution in [0.5, 0.6) is 0 Å². The van der Waals surface area contributed by atoms with Gasteiger partial charge in [-0.25, -0.2) is 8.78 Å². The van der Waals surface area contributed by atoms with Crippen molar-refractivity contribution in [3.63, 3.8) is 0 Å². The lowest BCUT2D eigenvalue weighted by Gasteiger charge is -2.27. The first-order valence-corrected chi connectivity index (χ1v) is 6.51. The zero-order valence-electron chi connectivity index (χ0n) is 11.4. The highest BCUT2D eigenvalue weighted by Crippen LogP contribution is 2.23. The molecular formula is C16H18F2N2. The minimum atomic E-state index is -0.576. The van der Waals surface area contributed by atoms with E-state index in [1.807, 2.05) is 42.3 Å². The zero-order valence-corrected chi connectivity index (χ0v) is 11.4. The Hall–Kier alpha value is -1.78. The summed E-state index contributed by atoms with van der Waals surface area (Å²) in [7, 11) is 1.88. The molecule has 4 heteroatoms. The lowest BCUT2D eigenvalue weighted by molar-refractivity contribution is 0.236. The standard InChI is InChI=1S/C16H18F2N2/c1-20(11-12-5-3-2-4-6-12)16(10-19)14-8-7-13(17)9-15(14)18/h2-9,16H,10-11,19H2,1H3. The van der Waals surface area contributed by atoms with Gasteiger partial charge in [0.2, 0.25) is 0 Å². The highest BCUT2D eigenvalue weighted by molar-refractivity contribution is 5.23. The van der Waals surface area contributed by atoms with Crippen LogP contribution in [0.15, 0.2) is 48.5 Å². The van der Waals surface area contributed by atoms with E-state index in [4.69, 9.17) is 5.73 Å². The molecule has 2 nitrogen and oxygen atoms in total. The van der Waals surface area contributed by atoms with Crippen LogP contribution in [0.4, 0.5) is 8.78 Å². The molecule has 0 heterocycles. The number of nitrogens with two attached hydrogens (primary N) is 1. The quantitative estimate of drug-likeness (QED) is 0.909. The van der Waals surface area contributed by atoms with Gasteiger partial charge in [0.05, 0.1) is 0 Å². The molecule has 2 aromatic carbocycles. The summed E-state index contributed by atoms with van der Waals surface area (Å²) < 4.78 is 26.8. The molecule has 1 atom stereocenters. The van der Waals surface area contributed by atoms with Gasteiger partial charge in [0, 0.05) is 30.8 Å². The minimum Gasteiger partial charge on any atom is -0.329 e. The van der Waals surface area contributed by atoms with E-state index in [0.29, 0.717) is 12.1 Å². The van der Waals surface area contributed by atoms with Gasteiger partial charge in [-0.05, 0) is 18.7 Å². The molecule has 0 aliphatic rings. The highest BCUT2D eigenvalue weighted by Gasteiger charge is 2.19. The van der Waals surface area contributed by atoms with Crippen molar-refractivity contribution in [1.82, 2.24) is 4.90 Å². The Morgan fingerprint density at radius 2 is 1.80 bits per heavy atom. The molecule has 2 N–H and O–H groups in total. The largest absolute Gasteiger partial charge is 0.329 e. The Labute approximate surface area is 117 Å². The first-order chi connectivity index (χ1) is 9.61. The van der Waals surface area contributed by atoms with Crippen molar-refractivity contribution in [2.75, 3.05) is 13.6 Å². The van der Waals surface area contributed by atoms with Gasteiger partial charge in [-0.3, -0.25) is 4.90 Å². The predicted molar refractivity (Wildman–Crippen MR) is 76.1 cm³/mol. The van der Waals surface area contributed by atoms with Gasteiger partial charge >= 0.3 is 0 Å². The van der Waals surface area contributed by atoms with Gasteiger partial charge in [0.1, 0.15) is 11.6 Å². The molecular weight excluding hydrogens is 258 g/mol. The van der Waals surface area contributed by atoms with Gasteiger partial charge in [-0.15, -0.1) is 0 Å². The fraction of sp³-hybridized carbons (Fsp3) is 0.250. The highest BCUT2D eigenvalue weighted by atomic mass is 19.1. The summed E-state index contributed by atoms with van der Waals surface area (Å²) in [6.07, 6.45) is 0. The van der Waals surface area contributed by atoms with E-state index < -0.39 is 11.6 Å². The van der Waals surface area contributed by atoms with Crippen molar-refractivity contribution in [1.29, 1.82) is 0 Å². The predicted octanol–water partition coefficient (Wildman–Crippen LogP) is 3.10. The Morgan fingerprint density at radius 1 is 1.10 bits per heavy atom. The van der Waals surface area contributed by atoms with Crippen LogP contribution in [0.25, 0.3) is 0 Å². The summed E-state index contributed by atoms with van der Waals surface area (Å²) in [5, 5.41) is 0. The van der Waals surface area contributed by atoms with Gasteiger partial charge < -0.3 is 5.73 Å². The maximum absolute atomic E-state index is 13.9. The van der Waals surface area contributed by atoms with Gasteiger partial charge in [-0.2, -0.15) is 0 Å². The zero-order chi connectivity index (χ0) is 14.5. The number of benzene rings is 2. The summed E-state index contributed by atoms with van der Waals surface area (Å²) in [5.74, 6) is -1.13. The Bertz CT molecular complexity index is 558. The molecule has 2 aromatic rings. The van der Waals surface area contributed by atoms with Crippen LogP contribution in [0, 0.1) is 11.6 Å². The van der Waals surface area contributed by atoms with Crippen molar-refractivity contribution >= 4 is 0 Å². The number of rotatable bonds is 5. The molecule has 2 rings (SSSR count). The summed E-state index contributed by atoms with van der Waals surface area (Å²) in [4.78, 5) is 1.96. The third kappa shape index (κ3) is 3.40. The second-order valence-electron chi connectivity index (χ2n) is 4.82. The van der Waals surface area contributed by atoms with Crippen molar-refractivity contribution < 1.29 is 8.78 Å². The number of hydrogen-bond acceptors (Lipinski definition) is 2. The van der Waals surface area contributed by atoms with Crippen LogP contribution in [0.1, 0.15) is 17.2 Å². The first kappa shape index (κ1) is 14.6. The summed E-state index contributed by atoms with van der Waals surface area (Å²) in [6.45, 7) is 0.922. The van der Waals surface area contributed by atoms with Crippen molar-refractivity contribution in [3.05, 3.63) is 71.3 Å². The monoisotopic (exact) mass is 276 g/mol. The Morgan fingerprint density at radius 3 is 2.40 bits per heavy atom. The molecule has 0 radical (unpaired) electrons. The average Bonchev–Trinajstić information content (AvgIpc) is 2.43. The van der Waals surface area contributed by atoms with E-state index in [1.165, 1.54) is 12.1 Å². The van der Waals surface area contributed by atoms with E-state index in [-0.39, 0.29) is 12.6 Å². The van der Waals surface area contributed by atoms with Crippen molar-refractivity contribution in [2.45, 2.75) is 12.6 Å². The third-order valence-electron chi connectivity index (χ3n) is 3.35. The molecule has 106 valence electrons. The number of nitrogens with zero attached hydrogens (tertiary/aromatic N) is 1. The third-order valence-corrected chi connectivity index (χ3v) is 3.35. The van der Waals surface area contributed by atoms with Crippen LogP contribution >= 0.6 is 0 Å². The van der Waals surface area contributed by atoms with Crippen LogP contribution in [-0.4, -0.2) is 18.5 Å². The molecule has 0 fully saturated rings. The minimum absolute atomic E-state index is 0.270. The van der Waals surface area contributed by atoms with Gasteiger partial charge in [0.25, 0.3) is 0 Å². The normalized spacial score (nSPS) is 12.7. The van der Waals surface area contributed by atoms with Crippen LogP contribution < -0.4 is 5.73 Å². The molecule has 0 aliphatic heterocycles. The van der Waals surface area contributed by atoms with E-state index >= 15 is 0 Å². The van der Waals surface area contributed by atoms with Gasteiger partial charge in [0.15, 0.2) is 0 Å². The Balaban J connectivity index is 2.19. The second-order valence-corrected chi connectivity index (χ2v) is 4.82. The molecule has 20 heavy (non-hydrogen) atoms. The van der Waals surface area contributed by atoms with Crippen molar-refractivity contribution in [3.8, 4) is 0 Å². The molecule has 1 unspecified atom stereocenters.